The van der Waals surface area contributed by atoms with Crippen LogP contribution in [0.4, 0.5) is 4.79 Å². The molecule has 0 bridgehead atoms. The second-order valence-electron chi connectivity index (χ2n) is 6.33. The van der Waals surface area contributed by atoms with E-state index in [0.717, 1.165) is 24.0 Å². The number of hydrogen-bond donors (Lipinski definition) is 1. The van der Waals surface area contributed by atoms with Crippen molar-refractivity contribution in [2.45, 2.75) is 43.7 Å². The third-order valence-corrected chi connectivity index (χ3v) is 5.91. The van der Waals surface area contributed by atoms with Crippen LogP contribution in [0.1, 0.15) is 24.0 Å². The van der Waals surface area contributed by atoms with Crippen molar-refractivity contribution >= 4 is 16.1 Å². The molecule has 1 amide bonds. The van der Waals surface area contributed by atoms with Crippen LogP contribution in [0.2, 0.25) is 0 Å². The van der Waals surface area contributed by atoms with Crippen molar-refractivity contribution < 1.29 is 22.7 Å². The first kappa shape index (κ1) is 17.0. The standard InChI is InChI=1S/C16H22N2O5S/c1-10-6-14(22-3)15(7-11(10)2)24(20,21)17-8-13-9-18(12-4-5-12)16(19)23-13/h6-7,12-13,17H,4-5,8-9H2,1-3H3. The number of sulfonamides is 1. The van der Waals surface area contributed by atoms with E-state index in [9.17, 15) is 13.2 Å². The number of aryl methyl sites for hydroxylation is 2. The fourth-order valence-corrected chi connectivity index (χ4v) is 4.05. The molecule has 1 atom stereocenters. The first-order chi connectivity index (χ1) is 11.3. The summed E-state index contributed by atoms with van der Waals surface area (Å²) in [6.45, 7) is 4.22. The summed E-state index contributed by atoms with van der Waals surface area (Å²) in [6, 6.07) is 3.56. The highest BCUT2D eigenvalue weighted by molar-refractivity contribution is 7.89. The Morgan fingerprint density at radius 1 is 1.29 bits per heavy atom. The molecule has 1 aromatic rings. The Kier molecular flexibility index (Phi) is 4.44. The molecule has 3 rings (SSSR count). The zero-order valence-corrected chi connectivity index (χ0v) is 14.9. The minimum Gasteiger partial charge on any atom is -0.495 e. The van der Waals surface area contributed by atoms with E-state index >= 15 is 0 Å². The lowest BCUT2D eigenvalue weighted by Gasteiger charge is -2.15. The van der Waals surface area contributed by atoms with E-state index in [4.69, 9.17) is 9.47 Å². The van der Waals surface area contributed by atoms with Crippen LogP contribution in [0.5, 0.6) is 5.75 Å². The lowest BCUT2D eigenvalue weighted by Crippen LogP contribution is -2.35. The number of cyclic esters (lactones) is 1. The maximum atomic E-state index is 12.6. The van der Waals surface area contributed by atoms with Crippen molar-refractivity contribution in [2.24, 2.45) is 0 Å². The quantitative estimate of drug-likeness (QED) is 0.838. The third-order valence-electron chi connectivity index (χ3n) is 4.46. The highest BCUT2D eigenvalue weighted by atomic mass is 32.2. The van der Waals surface area contributed by atoms with Crippen LogP contribution in [-0.2, 0) is 14.8 Å². The minimum absolute atomic E-state index is 0.0490. The Morgan fingerprint density at radius 3 is 2.58 bits per heavy atom. The molecule has 1 saturated heterocycles. The molecular weight excluding hydrogens is 332 g/mol. The second kappa shape index (κ2) is 6.25. The van der Waals surface area contributed by atoms with Crippen molar-refractivity contribution in [1.82, 2.24) is 9.62 Å². The molecule has 1 aliphatic heterocycles. The van der Waals surface area contributed by atoms with Crippen LogP contribution in [0.3, 0.4) is 0 Å². The number of nitrogens with zero attached hydrogens (tertiary/aromatic N) is 1. The zero-order chi connectivity index (χ0) is 17.5. The predicted molar refractivity (Wildman–Crippen MR) is 87.7 cm³/mol. The van der Waals surface area contributed by atoms with Crippen LogP contribution in [-0.4, -0.2) is 51.8 Å². The number of carbonyl (C=O) groups is 1. The highest BCUT2D eigenvalue weighted by Crippen LogP contribution is 2.31. The molecule has 1 aromatic carbocycles. The summed E-state index contributed by atoms with van der Waals surface area (Å²) in [6.07, 6.45) is 1.16. The summed E-state index contributed by atoms with van der Waals surface area (Å²) in [5.74, 6) is 0.300. The fourth-order valence-electron chi connectivity index (χ4n) is 2.75. The third kappa shape index (κ3) is 3.34. The lowest BCUT2D eigenvalue weighted by atomic mass is 10.1. The number of amides is 1. The van der Waals surface area contributed by atoms with E-state index in [0.29, 0.717) is 12.3 Å². The average molecular weight is 354 g/mol. The lowest BCUT2D eigenvalue weighted by molar-refractivity contribution is 0.133. The average Bonchev–Trinajstić information content (AvgIpc) is 3.30. The van der Waals surface area contributed by atoms with Gasteiger partial charge in [0.1, 0.15) is 16.7 Å². The van der Waals surface area contributed by atoms with E-state index in [1.54, 1.807) is 17.0 Å². The molecule has 2 fully saturated rings. The Bertz CT molecular complexity index is 758. The number of nitrogens with one attached hydrogen (secondary N) is 1. The molecule has 1 saturated carbocycles. The number of methoxy groups -OCH3 is 1. The van der Waals surface area contributed by atoms with Gasteiger partial charge < -0.3 is 14.4 Å². The fraction of sp³-hybridized carbons (Fsp3) is 0.562. The van der Waals surface area contributed by atoms with Crippen LogP contribution >= 0.6 is 0 Å². The maximum Gasteiger partial charge on any atom is 0.410 e. The molecule has 0 aromatic heterocycles. The van der Waals surface area contributed by atoms with Crippen LogP contribution in [0, 0.1) is 13.8 Å². The van der Waals surface area contributed by atoms with Gasteiger partial charge in [-0.15, -0.1) is 0 Å². The molecule has 24 heavy (non-hydrogen) atoms. The van der Waals surface area contributed by atoms with E-state index in [1.807, 2.05) is 13.8 Å². The normalized spacial score (nSPS) is 21.0. The number of benzene rings is 1. The van der Waals surface area contributed by atoms with Gasteiger partial charge in [-0.2, -0.15) is 0 Å². The molecule has 0 radical (unpaired) electrons. The summed E-state index contributed by atoms with van der Waals surface area (Å²) in [5.41, 5.74) is 1.82. The SMILES string of the molecule is COc1cc(C)c(C)cc1S(=O)(=O)NCC1CN(C2CC2)C(=O)O1. The van der Waals surface area contributed by atoms with Crippen molar-refractivity contribution in [3.63, 3.8) is 0 Å². The van der Waals surface area contributed by atoms with E-state index in [-0.39, 0.29) is 23.6 Å². The summed E-state index contributed by atoms with van der Waals surface area (Å²) >= 11 is 0. The molecule has 132 valence electrons. The van der Waals surface area contributed by atoms with E-state index < -0.39 is 16.1 Å². The molecule has 7 nitrogen and oxygen atoms in total. The van der Waals surface area contributed by atoms with Gasteiger partial charge in [0.15, 0.2) is 0 Å². The molecule has 2 aliphatic rings. The van der Waals surface area contributed by atoms with Gasteiger partial charge in [-0.3, -0.25) is 0 Å². The van der Waals surface area contributed by atoms with Gasteiger partial charge in [0.05, 0.1) is 13.7 Å². The number of ether oxygens (including phenoxy) is 2. The van der Waals surface area contributed by atoms with Crippen LogP contribution < -0.4 is 9.46 Å². The molecule has 1 unspecified atom stereocenters. The Labute approximate surface area is 142 Å². The summed E-state index contributed by atoms with van der Waals surface area (Å²) in [5, 5.41) is 0. The molecule has 0 spiro atoms. The maximum absolute atomic E-state index is 12.6. The van der Waals surface area contributed by atoms with Gasteiger partial charge in [-0.05, 0) is 49.9 Å². The van der Waals surface area contributed by atoms with Crippen molar-refractivity contribution in [2.75, 3.05) is 20.2 Å². The smallest absolute Gasteiger partial charge is 0.410 e. The molecule has 1 heterocycles. The Hall–Kier alpha value is -1.80. The van der Waals surface area contributed by atoms with Crippen molar-refractivity contribution in [3.05, 3.63) is 23.3 Å². The summed E-state index contributed by atoms with van der Waals surface area (Å²) in [4.78, 5) is 13.5. The number of rotatable bonds is 6. The largest absolute Gasteiger partial charge is 0.495 e. The van der Waals surface area contributed by atoms with Crippen molar-refractivity contribution in [3.8, 4) is 5.75 Å². The van der Waals surface area contributed by atoms with Crippen molar-refractivity contribution in [1.29, 1.82) is 0 Å². The Balaban J connectivity index is 1.70. The summed E-state index contributed by atoms with van der Waals surface area (Å²) in [7, 11) is -2.31. The van der Waals surface area contributed by atoms with Crippen LogP contribution in [0.25, 0.3) is 0 Å². The molecule has 8 heteroatoms. The number of carbonyl (C=O) groups excluding carboxylic acids is 1. The number of hydrogen-bond acceptors (Lipinski definition) is 5. The first-order valence-electron chi connectivity index (χ1n) is 7.94. The van der Waals surface area contributed by atoms with Gasteiger partial charge >= 0.3 is 6.09 Å². The monoisotopic (exact) mass is 354 g/mol. The van der Waals surface area contributed by atoms with E-state index in [2.05, 4.69) is 4.72 Å². The zero-order valence-electron chi connectivity index (χ0n) is 14.0. The Morgan fingerprint density at radius 2 is 1.96 bits per heavy atom. The highest BCUT2D eigenvalue weighted by Gasteiger charge is 2.41. The van der Waals surface area contributed by atoms with Gasteiger partial charge in [-0.1, -0.05) is 0 Å². The van der Waals surface area contributed by atoms with Gasteiger partial charge in [0.2, 0.25) is 10.0 Å². The van der Waals surface area contributed by atoms with Crippen LogP contribution in [0.15, 0.2) is 17.0 Å². The topological polar surface area (TPSA) is 84.9 Å². The van der Waals surface area contributed by atoms with E-state index in [1.165, 1.54) is 7.11 Å². The van der Waals surface area contributed by atoms with Gasteiger partial charge in [-0.25, -0.2) is 17.9 Å². The molecule has 1 N–H and O–H groups in total. The molecular formula is C16H22N2O5S. The predicted octanol–water partition coefficient (Wildman–Crippen LogP) is 1.57. The second-order valence-corrected chi connectivity index (χ2v) is 8.06. The van der Waals surface area contributed by atoms with Gasteiger partial charge in [0.25, 0.3) is 0 Å². The minimum atomic E-state index is -3.75. The van der Waals surface area contributed by atoms with Gasteiger partial charge in [0, 0.05) is 12.6 Å². The molecule has 1 aliphatic carbocycles. The summed E-state index contributed by atoms with van der Waals surface area (Å²) < 4.78 is 38.2. The first-order valence-corrected chi connectivity index (χ1v) is 9.42.